The van der Waals surface area contributed by atoms with Crippen LogP contribution >= 0.6 is 0 Å². The molecule has 1 fully saturated rings. The maximum absolute atomic E-state index is 12.8. The summed E-state index contributed by atoms with van der Waals surface area (Å²) in [6.07, 6.45) is -0.282. The highest BCUT2D eigenvalue weighted by Crippen LogP contribution is 2.43. The summed E-state index contributed by atoms with van der Waals surface area (Å²) in [6, 6.07) is 12.8. The van der Waals surface area contributed by atoms with E-state index in [0.717, 1.165) is 10.9 Å². The Morgan fingerprint density at radius 3 is 2.74 bits per heavy atom. The van der Waals surface area contributed by atoms with Gasteiger partial charge in [0.25, 0.3) is 12.3 Å². The number of benzene rings is 2. The Kier molecular flexibility index (Phi) is 3.50. The molecule has 0 radical (unpaired) electrons. The van der Waals surface area contributed by atoms with E-state index in [1.807, 2.05) is 18.2 Å². The van der Waals surface area contributed by atoms with Gasteiger partial charge in [-0.3, -0.25) is 4.79 Å². The van der Waals surface area contributed by atoms with Gasteiger partial charge in [-0.2, -0.15) is 0 Å². The molecule has 1 amide bonds. The average molecular weight is 366 g/mol. The second kappa shape index (κ2) is 5.90. The molecule has 0 bridgehead atoms. The number of halogens is 2. The normalized spacial score (nSPS) is 14.3. The third-order valence-corrected chi connectivity index (χ3v) is 4.92. The van der Waals surface area contributed by atoms with E-state index >= 15 is 0 Å². The number of nitrogens with one attached hydrogen (secondary N) is 3. The van der Waals surface area contributed by atoms with Crippen molar-refractivity contribution in [2.24, 2.45) is 0 Å². The number of rotatable bonds is 4. The van der Waals surface area contributed by atoms with Crippen molar-refractivity contribution in [3.8, 4) is 0 Å². The highest BCUT2D eigenvalue weighted by Gasteiger charge is 2.26. The molecule has 0 saturated heterocycles. The van der Waals surface area contributed by atoms with Crippen LogP contribution in [-0.2, 0) is 0 Å². The standard InChI is InChI=1S/C20H16F2N4O/c21-18(22)19-25-15-7-6-11(8-16(15)26-19)23-20(27)17-9-13-12(10-4-5-10)2-1-3-14(13)24-17/h1-3,6-10,18,24H,4-5H2,(H,23,27)(H,25,26). The number of alkyl halides is 2. The summed E-state index contributed by atoms with van der Waals surface area (Å²) in [4.78, 5) is 22.2. The molecule has 1 saturated carbocycles. The molecular weight excluding hydrogens is 350 g/mol. The minimum absolute atomic E-state index is 0.277. The van der Waals surface area contributed by atoms with Crippen molar-refractivity contribution in [1.29, 1.82) is 0 Å². The van der Waals surface area contributed by atoms with Gasteiger partial charge in [0.2, 0.25) is 0 Å². The second-order valence-corrected chi connectivity index (χ2v) is 6.87. The van der Waals surface area contributed by atoms with E-state index in [9.17, 15) is 13.6 Å². The number of carbonyl (C=O) groups excluding carboxylic acids is 1. The molecule has 5 rings (SSSR count). The molecule has 3 N–H and O–H groups in total. The molecule has 27 heavy (non-hydrogen) atoms. The topological polar surface area (TPSA) is 73.6 Å². The van der Waals surface area contributed by atoms with Crippen LogP contribution in [0, 0.1) is 0 Å². The van der Waals surface area contributed by atoms with Crippen molar-refractivity contribution in [2.75, 3.05) is 5.32 Å². The molecule has 0 unspecified atom stereocenters. The zero-order valence-electron chi connectivity index (χ0n) is 14.2. The maximum Gasteiger partial charge on any atom is 0.295 e. The minimum Gasteiger partial charge on any atom is -0.351 e. The Morgan fingerprint density at radius 2 is 1.96 bits per heavy atom. The number of hydrogen-bond acceptors (Lipinski definition) is 2. The molecule has 1 aliphatic rings. The number of H-pyrrole nitrogens is 2. The number of amides is 1. The molecule has 2 aromatic carbocycles. The molecule has 1 aliphatic carbocycles. The SMILES string of the molecule is O=C(Nc1ccc2nc(C(F)F)[nH]c2c1)c1cc2c(C3CC3)cccc2[nH]1. The van der Waals surface area contributed by atoms with Crippen molar-refractivity contribution < 1.29 is 13.6 Å². The Hall–Kier alpha value is -3.22. The molecule has 0 aliphatic heterocycles. The van der Waals surface area contributed by atoms with Crippen molar-refractivity contribution in [1.82, 2.24) is 15.0 Å². The van der Waals surface area contributed by atoms with Crippen LogP contribution < -0.4 is 5.32 Å². The smallest absolute Gasteiger partial charge is 0.295 e. The van der Waals surface area contributed by atoms with Crippen LogP contribution in [0.25, 0.3) is 21.9 Å². The van der Waals surface area contributed by atoms with E-state index in [1.54, 1.807) is 18.2 Å². The molecule has 0 atom stereocenters. The van der Waals surface area contributed by atoms with E-state index in [2.05, 4.69) is 26.3 Å². The van der Waals surface area contributed by atoms with Crippen LogP contribution in [0.5, 0.6) is 0 Å². The Balaban J connectivity index is 1.43. The number of anilines is 1. The Bertz CT molecular complexity index is 1170. The summed E-state index contributed by atoms with van der Waals surface area (Å²) >= 11 is 0. The molecule has 2 aromatic heterocycles. The lowest BCUT2D eigenvalue weighted by Crippen LogP contribution is -2.12. The quantitative estimate of drug-likeness (QED) is 0.469. The van der Waals surface area contributed by atoms with E-state index in [-0.39, 0.29) is 11.7 Å². The average Bonchev–Trinajstić information content (AvgIpc) is 3.25. The van der Waals surface area contributed by atoms with E-state index in [1.165, 1.54) is 18.4 Å². The summed E-state index contributed by atoms with van der Waals surface area (Å²) in [7, 11) is 0. The monoisotopic (exact) mass is 366 g/mol. The third kappa shape index (κ3) is 2.85. The second-order valence-electron chi connectivity index (χ2n) is 6.87. The first kappa shape index (κ1) is 16.0. The number of fused-ring (bicyclic) bond motifs is 2. The first-order valence-corrected chi connectivity index (χ1v) is 8.79. The fourth-order valence-corrected chi connectivity index (χ4v) is 3.46. The summed E-state index contributed by atoms with van der Waals surface area (Å²) < 4.78 is 25.5. The summed E-state index contributed by atoms with van der Waals surface area (Å²) in [5.41, 5.74) is 4.09. The molecule has 7 heteroatoms. The van der Waals surface area contributed by atoms with Gasteiger partial charge in [-0.05, 0) is 54.7 Å². The van der Waals surface area contributed by atoms with Crippen molar-refractivity contribution >= 4 is 33.5 Å². The number of nitrogens with zero attached hydrogens (tertiary/aromatic N) is 1. The number of aromatic amines is 2. The minimum atomic E-state index is -2.66. The lowest BCUT2D eigenvalue weighted by molar-refractivity contribution is 0.102. The maximum atomic E-state index is 12.8. The predicted molar refractivity (Wildman–Crippen MR) is 99.3 cm³/mol. The lowest BCUT2D eigenvalue weighted by Gasteiger charge is -2.03. The van der Waals surface area contributed by atoms with Crippen LogP contribution in [-0.4, -0.2) is 20.9 Å². The number of hydrogen-bond donors (Lipinski definition) is 3. The lowest BCUT2D eigenvalue weighted by atomic mass is 10.1. The number of imidazole rings is 1. The molecule has 0 spiro atoms. The molecule has 5 nitrogen and oxygen atoms in total. The first-order valence-electron chi connectivity index (χ1n) is 8.79. The predicted octanol–water partition coefficient (Wildman–Crippen LogP) is 5.11. The molecule has 2 heterocycles. The van der Waals surface area contributed by atoms with Crippen molar-refractivity contribution in [3.63, 3.8) is 0 Å². The van der Waals surface area contributed by atoms with Gasteiger partial charge < -0.3 is 15.3 Å². The summed E-state index contributed by atoms with van der Waals surface area (Å²) in [6.45, 7) is 0. The highest BCUT2D eigenvalue weighted by atomic mass is 19.3. The Morgan fingerprint density at radius 1 is 1.11 bits per heavy atom. The summed E-state index contributed by atoms with van der Waals surface area (Å²) in [5.74, 6) is -0.0650. The van der Waals surface area contributed by atoms with Gasteiger partial charge in [0, 0.05) is 16.6 Å². The van der Waals surface area contributed by atoms with Gasteiger partial charge in [-0.15, -0.1) is 0 Å². The van der Waals surface area contributed by atoms with Gasteiger partial charge in [-0.1, -0.05) is 12.1 Å². The summed E-state index contributed by atoms with van der Waals surface area (Å²) in [5, 5.41) is 3.89. The van der Waals surface area contributed by atoms with E-state index < -0.39 is 6.43 Å². The third-order valence-electron chi connectivity index (χ3n) is 4.92. The van der Waals surface area contributed by atoms with Gasteiger partial charge in [0.1, 0.15) is 5.69 Å². The van der Waals surface area contributed by atoms with Crippen LogP contribution in [0.1, 0.15) is 47.1 Å². The van der Waals surface area contributed by atoms with Crippen LogP contribution in [0.15, 0.2) is 42.5 Å². The Labute approximate surface area is 152 Å². The zero-order chi connectivity index (χ0) is 18.5. The van der Waals surface area contributed by atoms with Crippen LogP contribution in [0.4, 0.5) is 14.5 Å². The van der Waals surface area contributed by atoms with E-state index in [0.29, 0.717) is 28.3 Å². The van der Waals surface area contributed by atoms with E-state index in [4.69, 9.17) is 0 Å². The molecular formula is C20H16F2N4O. The van der Waals surface area contributed by atoms with Crippen molar-refractivity contribution in [2.45, 2.75) is 25.2 Å². The largest absolute Gasteiger partial charge is 0.351 e. The van der Waals surface area contributed by atoms with Crippen LogP contribution in [0.3, 0.4) is 0 Å². The van der Waals surface area contributed by atoms with Gasteiger partial charge >= 0.3 is 0 Å². The number of carbonyl (C=O) groups is 1. The van der Waals surface area contributed by atoms with Crippen LogP contribution in [0.2, 0.25) is 0 Å². The first-order chi connectivity index (χ1) is 13.1. The fraction of sp³-hybridized carbons (Fsp3) is 0.200. The van der Waals surface area contributed by atoms with Gasteiger partial charge in [0.15, 0.2) is 5.82 Å². The molecule has 136 valence electrons. The zero-order valence-corrected chi connectivity index (χ0v) is 14.2. The van der Waals surface area contributed by atoms with Crippen molar-refractivity contribution in [3.05, 3.63) is 59.5 Å². The molecule has 4 aromatic rings. The number of aromatic nitrogens is 3. The fourth-order valence-electron chi connectivity index (χ4n) is 3.46. The highest BCUT2D eigenvalue weighted by molar-refractivity contribution is 6.07. The van der Waals surface area contributed by atoms with Gasteiger partial charge in [0.05, 0.1) is 11.0 Å². The van der Waals surface area contributed by atoms with Gasteiger partial charge in [-0.25, -0.2) is 13.8 Å².